The second kappa shape index (κ2) is 27.6. The minimum Gasteiger partial charge on any atom is -0.492 e. The van der Waals surface area contributed by atoms with Crippen molar-refractivity contribution >= 4 is 35.8 Å². The third-order valence-electron chi connectivity index (χ3n) is 10.9. The van der Waals surface area contributed by atoms with Crippen LogP contribution in [-0.2, 0) is 79.7 Å². The largest absolute Gasteiger partial charge is 0.492 e. The molecule has 2 aromatic carbocycles. The number of hydrogen-bond acceptors (Lipinski definition) is 15. The fraction of sp³-hybridized carbons (Fsp3) is 0.551. The Morgan fingerprint density at radius 2 is 1.16 bits per heavy atom. The van der Waals surface area contributed by atoms with Gasteiger partial charge < -0.3 is 42.6 Å². The average molecular weight is 895 g/mol. The summed E-state index contributed by atoms with van der Waals surface area (Å²) in [6, 6.07) is 12.0. The normalized spacial score (nSPS) is 14.7. The minimum atomic E-state index is -1.76. The molecule has 0 N–H and O–H groups in total. The van der Waals surface area contributed by atoms with Gasteiger partial charge in [-0.2, -0.15) is 0 Å². The highest BCUT2D eigenvalue weighted by Crippen LogP contribution is 2.40. The van der Waals surface area contributed by atoms with Gasteiger partial charge in [-0.25, -0.2) is 28.8 Å². The van der Waals surface area contributed by atoms with Crippen LogP contribution in [0, 0.1) is 11.3 Å². The number of rotatable bonds is 26. The maximum Gasteiger partial charge on any atom is 0.417 e. The quantitative estimate of drug-likeness (QED) is 0.0300. The molecule has 0 aliphatic heterocycles. The molecular weight excluding hydrogens is 829 g/mol. The Morgan fingerprint density at radius 3 is 1.69 bits per heavy atom. The zero-order chi connectivity index (χ0) is 47.1. The number of esters is 6. The number of hydrogen-bond donors (Lipinski definition) is 0. The van der Waals surface area contributed by atoms with Crippen molar-refractivity contribution in [3.05, 3.63) is 77.4 Å². The van der Waals surface area contributed by atoms with E-state index in [1.54, 1.807) is 6.07 Å². The van der Waals surface area contributed by atoms with Crippen molar-refractivity contribution in [1.82, 2.24) is 0 Å². The molecule has 0 spiro atoms. The van der Waals surface area contributed by atoms with Gasteiger partial charge in [-0.3, -0.25) is 0 Å². The predicted octanol–water partition coefficient (Wildman–Crippen LogP) is 7.34. The molecule has 64 heavy (non-hydrogen) atoms. The first-order valence-electron chi connectivity index (χ1n) is 21.9. The van der Waals surface area contributed by atoms with Gasteiger partial charge in [0.05, 0.1) is 13.2 Å². The molecule has 0 aromatic heterocycles. The Bertz CT molecular complexity index is 1870. The van der Waals surface area contributed by atoms with E-state index >= 15 is 0 Å². The number of ether oxygens (including phenoxy) is 9. The van der Waals surface area contributed by atoms with Crippen LogP contribution in [0.25, 0.3) is 11.1 Å². The Balaban J connectivity index is 2.00. The molecule has 1 saturated carbocycles. The van der Waals surface area contributed by atoms with E-state index in [0.29, 0.717) is 11.5 Å². The SMILES string of the molecule is C=C(C)C(=O)OCc1cc(-c2ccc(C3CCC(CCCCC)CC3)cc2CC)ccc1OCC(COC(=O)C(=C)C)(COC(=O)C(=O)OCCOC)COC(=O)C(=O)OCCOC. The molecule has 0 heterocycles. The topological polar surface area (TPSA) is 185 Å². The van der Waals surface area contributed by atoms with Gasteiger partial charge in [-0.05, 0) is 92.2 Å². The summed E-state index contributed by atoms with van der Waals surface area (Å²) in [7, 11) is 2.76. The van der Waals surface area contributed by atoms with Crippen LogP contribution in [0.3, 0.4) is 0 Å². The number of benzene rings is 2. The van der Waals surface area contributed by atoms with E-state index in [1.807, 2.05) is 12.1 Å². The molecule has 0 saturated heterocycles. The van der Waals surface area contributed by atoms with E-state index in [1.165, 1.54) is 85.0 Å². The highest BCUT2D eigenvalue weighted by molar-refractivity contribution is 6.30. The molecule has 1 aliphatic rings. The summed E-state index contributed by atoms with van der Waals surface area (Å²) in [6.45, 7) is 11.2. The van der Waals surface area contributed by atoms with Crippen molar-refractivity contribution in [1.29, 1.82) is 0 Å². The zero-order valence-electron chi connectivity index (χ0n) is 38.4. The van der Waals surface area contributed by atoms with Crippen LogP contribution in [-0.4, -0.2) is 103 Å². The van der Waals surface area contributed by atoms with E-state index in [-0.39, 0.29) is 49.9 Å². The third-order valence-corrected chi connectivity index (χ3v) is 10.9. The number of methoxy groups -OCH3 is 2. The molecule has 0 atom stereocenters. The fourth-order valence-electron chi connectivity index (χ4n) is 7.11. The van der Waals surface area contributed by atoms with E-state index in [2.05, 4.69) is 45.2 Å². The van der Waals surface area contributed by atoms with Crippen molar-refractivity contribution in [2.75, 3.05) is 67.1 Å². The molecule has 3 rings (SSSR count). The second-order valence-corrected chi connectivity index (χ2v) is 16.2. The van der Waals surface area contributed by atoms with Gasteiger partial charge in [-0.15, -0.1) is 0 Å². The molecule has 2 aromatic rings. The highest BCUT2D eigenvalue weighted by Gasteiger charge is 2.39. The monoisotopic (exact) mass is 894 g/mol. The van der Waals surface area contributed by atoms with Crippen LogP contribution in [0.5, 0.6) is 5.75 Å². The third kappa shape index (κ3) is 17.2. The zero-order valence-corrected chi connectivity index (χ0v) is 38.4. The number of carbonyl (C=O) groups is 6. The molecular formula is C49H66O15. The predicted molar refractivity (Wildman–Crippen MR) is 236 cm³/mol. The van der Waals surface area contributed by atoms with Gasteiger partial charge in [0.15, 0.2) is 0 Å². The maximum absolute atomic E-state index is 12.8. The Kier molecular flexibility index (Phi) is 22.8. The lowest BCUT2D eigenvalue weighted by Crippen LogP contribution is -2.45. The molecule has 1 aliphatic carbocycles. The molecule has 0 amide bonds. The minimum absolute atomic E-state index is 0.0120. The molecule has 1 fully saturated rings. The Labute approximate surface area is 377 Å². The molecule has 0 bridgehead atoms. The molecule has 15 heteroatoms. The van der Waals surface area contributed by atoms with Crippen LogP contribution in [0.4, 0.5) is 0 Å². The van der Waals surface area contributed by atoms with E-state index < -0.39 is 67.7 Å². The summed E-state index contributed by atoms with van der Waals surface area (Å²) in [4.78, 5) is 75.8. The fourth-order valence-corrected chi connectivity index (χ4v) is 7.11. The van der Waals surface area contributed by atoms with Crippen molar-refractivity contribution in [3.63, 3.8) is 0 Å². The summed E-state index contributed by atoms with van der Waals surface area (Å²) in [5.74, 6) is -5.48. The molecule has 352 valence electrons. The summed E-state index contributed by atoms with van der Waals surface area (Å²) >= 11 is 0. The van der Waals surface area contributed by atoms with Crippen LogP contribution in [0.1, 0.15) is 102 Å². The summed E-state index contributed by atoms with van der Waals surface area (Å²) in [5.41, 5.74) is 3.19. The lowest BCUT2D eigenvalue weighted by molar-refractivity contribution is -0.179. The highest BCUT2D eigenvalue weighted by atomic mass is 16.6. The van der Waals surface area contributed by atoms with Crippen molar-refractivity contribution in [2.24, 2.45) is 11.3 Å². The first-order chi connectivity index (χ1) is 30.7. The van der Waals surface area contributed by atoms with Gasteiger partial charge >= 0.3 is 35.8 Å². The molecule has 15 nitrogen and oxygen atoms in total. The van der Waals surface area contributed by atoms with Gasteiger partial charge in [0.25, 0.3) is 0 Å². The van der Waals surface area contributed by atoms with Gasteiger partial charge in [0, 0.05) is 30.9 Å². The summed E-state index contributed by atoms with van der Waals surface area (Å²) in [6.07, 6.45) is 10.8. The van der Waals surface area contributed by atoms with E-state index in [0.717, 1.165) is 29.0 Å². The molecule has 0 radical (unpaired) electrons. The first-order valence-corrected chi connectivity index (χ1v) is 21.9. The number of carbonyl (C=O) groups excluding carboxylic acids is 6. The number of aryl methyl sites for hydroxylation is 1. The van der Waals surface area contributed by atoms with Crippen LogP contribution in [0.2, 0.25) is 0 Å². The lowest BCUT2D eigenvalue weighted by atomic mass is 9.76. The van der Waals surface area contributed by atoms with Crippen molar-refractivity contribution in [2.45, 2.75) is 98.0 Å². The van der Waals surface area contributed by atoms with Crippen molar-refractivity contribution in [3.8, 4) is 16.9 Å². The van der Waals surface area contributed by atoms with Gasteiger partial charge in [0.1, 0.15) is 57.4 Å². The lowest BCUT2D eigenvalue weighted by Gasteiger charge is -2.32. The van der Waals surface area contributed by atoms with Crippen LogP contribution < -0.4 is 4.74 Å². The molecule has 0 unspecified atom stereocenters. The van der Waals surface area contributed by atoms with Gasteiger partial charge in [0.2, 0.25) is 0 Å². The van der Waals surface area contributed by atoms with E-state index in [4.69, 9.17) is 42.6 Å². The van der Waals surface area contributed by atoms with Crippen molar-refractivity contribution < 1.29 is 71.4 Å². The Morgan fingerprint density at radius 1 is 0.609 bits per heavy atom. The van der Waals surface area contributed by atoms with E-state index in [9.17, 15) is 28.8 Å². The van der Waals surface area contributed by atoms with Crippen LogP contribution >= 0.6 is 0 Å². The second-order valence-electron chi connectivity index (χ2n) is 16.2. The summed E-state index contributed by atoms with van der Waals surface area (Å²) < 4.78 is 47.5. The van der Waals surface area contributed by atoms with Gasteiger partial charge in [-0.1, -0.05) is 77.0 Å². The number of unbranched alkanes of at least 4 members (excludes halogenated alkanes) is 2. The standard InChI is InChI=1S/C49H66O15/c1-9-11-12-13-35-14-16-37(17-15-35)38-18-20-41(36(10-2)26-38)39-19-21-42(40(27-39)28-60-43(50)33(3)4)61-29-49(30-62-44(51)34(5)6,31-63-47(54)45(52)58-24-22-56-7)32-64-48(55)46(53)59-25-23-57-8/h18-21,26-27,35,37H,3,5,9-17,22-25,28-32H2,1-2,4,6-8H3. The first kappa shape index (κ1) is 52.8. The Hall–Kier alpha value is -5.54. The average Bonchev–Trinajstić information content (AvgIpc) is 3.30. The summed E-state index contributed by atoms with van der Waals surface area (Å²) in [5, 5.41) is 0. The maximum atomic E-state index is 12.8. The van der Waals surface area contributed by atoms with Crippen LogP contribution in [0.15, 0.2) is 60.7 Å². The smallest absolute Gasteiger partial charge is 0.417 e.